The summed E-state index contributed by atoms with van der Waals surface area (Å²) in [5.74, 6) is 0.165. The lowest BCUT2D eigenvalue weighted by Crippen LogP contribution is -2.77. The Kier molecular flexibility index (Phi) is 2.91. The summed E-state index contributed by atoms with van der Waals surface area (Å²) in [5.41, 5.74) is 9.37. The van der Waals surface area contributed by atoms with Gasteiger partial charge >= 0.3 is 0 Å². The Hall–Kier alpha value is -3.19. The Morgan fingerprint density at radius 3 is 2.69 bits per heavy atom. The predicted octanol–water partition coefficient (Wildman–Crippen LogP) is 2.55. The molecule has 0 radical (unpaired) electrons. The molecule has 0 atom stereocenters. The van der Waals surface area contributed by atoms with Crippen molar-refractivity contribution in [1.82, 2.24) is 19.3 Å². The molecule has 7 nitrogen and oxygen atoms in total. The summed E-state index contributed by atoms with van der Waals surface area (Å²) >= 11 is 0. The first-order chi connectivity index (χ1) is 13.8. The number of nitrogens with two attached hydrogens (primary N) is 1. The summed E-state index contributed by atoms with van der Waals surface area (Å²) in [7, 11) is 1.86. The van der Waals surface area contributed by atoms with Crippen LogP contribution in [0.15, 0.2) is 41.5 Å². The average molecular weight is 387 g/mol. The monoisotopic (exact) mass is 387 g/mol. The van der Waals surface area contributed by atoms with Gasteiger partial charge in [0.25, 0.3) is 5.56 Å². The molecule has 0 amide bonds. The molecule has 0 spiro atoms. The van der Waals surface area contributed by atoms with Gasteiger partial charge in [0.05, 0.1) is 27.7 Å². The number of phenols is 1. The number of pyridine rings is 2. The number of nitrogens with zero attached hydrogens (tertiary/aromatic N) is 4. The van der Waals surface area contributed by atoms with Crippen LogP contribution in [0.1, 0.15) is 24.8 Å². The van der Waals surface area contributed by atoms with E-state index in [-0.39, 0.29) is 22.4 Å². The Bertz CT molecular complexity index is 1390. The Morgan fingerprint density at radius 2 is 1.97 bits per heavy atom. The van der Waals surface area contributed by atoms with Crippen LogP contribution in [0, 0.1) is 6.92 Å². The average Bonchev–Trinajstić information content (AvgIpc) is 3.02. The van der Waals surface area contributed by atoms with Crippen molar-refractivity contribution in [2.24, 2.45) is 12.8 Å². The molecule has 0 unspecified atom stereocenters. The van der Waals surface area contributed by atoms with E-state index in [9.17, 15) is 9.90 Å². The topological polar surface area (TPSA) is 99.0 Å². The zero-order valence-electron chi connectivity index (χ0n) is 16.3. The highest BCUT2D eigenvalue weighted by molar-refractivity contribution is 5.91. The summed E-state index contributed by atoms with van der Waals surface area (Å²) in [6.45, 7) is 1.85. The molecule has 3 aliphatic carbocycles. The van der Waals surface area contributed by atoms with Crippen LogP contribution in [0.25, 0.3) is 33.1 Å². The summed E-state index contributed by atoms with van der Waals surface area (Å²) < 4.78 is 3.57. The Labute approximate surface area is 166 Å². The molecule has 0 saturated heterocycles. The lowest BCUT2D eigenvalue weighted by atomic mass is 9.44. The van der Waals surface area contributed by atoms with Gasteiger partial charge in [0.1, 0.15) is 5.75 Å². The summed E-state index contributed by atoms with van der Waals surface area (Å²) in [4.78, 5) is 17.8. The molecule has 0 aliphatic heterocycles. The van der Waals surface area contributed by atoms with Crippen molar-refractivity contribution in [2.75, 3.05) is 0 Å². The van der Waals surface area contributed by atoms with Gasteiger partial charge in [0.15, 0.2) is 0 Å². The SMILES string of the molecule is Cc1c(O)c(-c2ccc3c(=O)n(C45CC(N)(C4)C5)ccc3n2)cc2cn(C)nc12. The fourth-order valence-corrected chi connectivity index (χ4v) is 5.35. The van der Waals surface area contributed by atoms with Crippen LogP contribution in [-0.2, 0) is 12.6 Å². The summed E-state index contributed by atoms with van der Waals surface area (Å²) in [5, 5.41) is 16.7. The molecule has 2 bridgehead atoms. The molecule has 3 N–H and O–H groups in total. The van der Waals surface area contributed by atoms with Crippen LogP contribution in [0.4, 0.5) is 0 Å². The van der Waals surface area contributed by atoms with Crippen LogP contribution in [-0.4, -0.2) is 30.0 Å². The number of aromatic hydroxyl groups is 1. The van der Waals surface area contributed by atoms with Gasteiger partial charge in [-0.05, 0) is 50.5 Å². The molecule has 3 aliphatic rings. The molecule has 29 heavy (non-hydrogen) atoms. The van der Waals surface area contributed by atoms with E-state index in [1.807, 2.05) is 49.1 Å². The zero-order valence-corrected chi connectivity index (χ0v) is 16.3. The highest BCUT2D eigenvalue weighted by atomic mass is 16.3. The Morgan fingerprint density at radius 1 is 1.21 bits per heavy atom. The van der Waals surface area contributed by atoms with Crippen molar-refractivity contribution in [2.45, 2.75) is 37.3 Å². The molecule has 3 saturated carbocycles. The predicted molar refractivity (Wildman–Crippen MR) is 111 cm³/mol. The first-order valence-corrected chi connectivity index (χ1v) is 9.77. The molecule has 3 heterocycles. The van der Waals surface area contributed by atoms with Gasteiger partial charge in [-0.15, -0.1) is 0 Å². The van der Waals surface area contributed by atoms with E-state index in [4.69, 9.17) is 10.7 Å². The molecule has 4 aromatic rings. The maximum atomic E-state index is 13.1. The molecular formula is C22H21N5O2. The second-order valence-electron chi connectivity index (χ2n) is 8.88. The highest BCUT2D eigenvalue weighted by Gasteiger charge is 2.67. The smallest absolute Gasteiger partial charge is 0.260 e. The van der Waals surface area contributed by atoms with Crippen LogP contribution >= 0.6 is 0 Å². The molecule has 146 valence electrons. The molecule has 7 rings (SSSR count). The molecule has 1 aromatic carbocycles. The molecule has 3 fully saturated rings. The molecular weight excluding hydrogens is 366 g/mol. The lowest BCUT2D eigenvalue weighted by molar-refractivity contribution is -0.116. The third-order valence-corrected chi connectivity index (χ3v) is 6.71. The van der Waals surface area contributed by atoms with Crippen molar-refractivity contribution in [3.05, 3.63) is 52.6 Å². The third kappa shape index (κ3) is 2.08. The quantitative estimate of drug-likeness (QED) is 0.551. The van der Waals surface area contributed by atoms with E-state index in [0.717, 1.165) is 35.7 Å². The van der Waals surface area contributed by atoms with Crippen molar-refractivity contribution in [1.29, 1.82) is 0 Å². The zero-order chi connectivity index (χ0) is 20.1. The maximum absolute atomic E-state index is 13.1. The van der Waals surface area contributed by atoms with Crippen molar-refractivity contribution >= 4 is 21.8 Å². The van der Waals surface area contributed by atoms with E-state index in [2.05, 4.69) is 5.10 Å². The number of aryl methyl sites for hydroxylation is 2. The molecule has 7 heteroatoms. The van der Waals surface area contributed by atoms with E-state index in [1.165, 1.54) is 0 Å². The van der Waals surface area contributed by atoms with Gasteiger partial charge < -0.3 is 15.4 Å². The number of benzene rings is 1. The number of aromatic nitrogens is 4. The van der Waals surface area contributed by atoms with Crippen LogP contribution < -0.4 is 11.3 Å². The van der Waals surface area contributed by atoms with E-state index >= 15 is 0 Å². The Balaban J connectivity index is 1.49. The fraction of sp³-hybridized carbons (Fsp3) is 0.318. The van der Waals surface area contributed by atoms with Gasteiger partial charge in [0, 0.05) is 41.5 Å². The van der Waals surface area contributed by atoms with Crippen molar-refractivity contribution in [3.8, 4) is 17.0 Å². The first kappa shape index (κ1) is 16.7. The highest BCUT2D eigenvalue weighted by Crippen LogP contribution is 2.63. The first-order valence-electron chi connectivity index (χ1n) is 9.77. The van der Waals surface area contributed by atoms with E-state index in [0.29, 0.717) is 22.2 Å². The van der Waals surface area contributed by atoms with Gasteiger partial charge in [-0.25, -0.2) is 4.98 Å². The van der Waals surface area contributed by atoms with Gasteiger partial charge in [-0.2, -0.15) is 5.10 Å². The summed E-state index contributed by atoms with van der Waals surface area (Å²) in [6.07, 6.45) is 6.37. The molecule has 3 aromatic heterocycles. The number of phenolic OH excluding ortho intramolecular Hbond substituents is 1. The van der Waals surface area contributed by atoms with Gasteiger partial charge in [-0.3, -0.25) is 9.48 Å². The number of rotatable bonds is 2. The number of hydrogen-bond donors (Lipinski definition) is 2. The van der Waals surface area contributed by atoms with Crippen LogP contribution in [0.5, 0.6) is 5.75 Å². The van der Waals surface area contributed by atoms with Crippen LogP contribution in [0.2, 0.25) is 0 Å². The van der Waals surface area contributed by atoms with Gasteiger partial charge in [-0.1, -0.05) is 0 Å². The summed E-state index contributed by atoms with van der Waals surface area (Å²) in [6, 6.07) is 7.39. The number of fused-ring (bicyclic) bond motifs is 2. The third-order valence-electron chi connectivity index (χ3n) is 6.71. The van der Waals surface area contributed by atoms with Gasteiger partial charge in [0.2, 0.25) is 0 Å². The van der Waals surface area contributed by atoms with Crippen LogP contribution in [0.3, 0.4) is 0 Å². The maximum Gasteiger partial charge on any atom is 0.260 e. The normalized spacial score (nSPS) is 25.2. The number of hydrogen-bond acceptors (Lipinski definition) is 5. The van der Waals surface area contributed by atoms with E-state index in [1.54, 1.807) is 10.7 Å². The second-order valence-corrected chi connectivity index (χ2v) is 8.88. The van der Waals surface area contributed by atoms with E-state index < -0.39 is 0 Å². The van der Waals surface area contributed by atoms with Crippen molar-refractivity contribution < 1.29 is 5.11 Å². The largest absolute Gasteiger partial charge is 0.507 e. The second kappa shape index (κ2) is 5.04. The minimum atomic E-state index is -0.0978. The van der Waals surface area contributed by atoms with Crippen molar-refractivity contribution in [3.63, 3.8) is 0 Å². The standard InChI is InChI=1S/C22H21N5O2/c1-12-18-13(8-26(2)25-18)7-15(19(12)28)16-4-3-14-17(24-16)5-6-27(20(14)29)22-9-21(23,10-22)11-22/h3-8,28H,9-11,23H2,1-2H3. The minimum Gasteiger partial charge on any atom is -0.507 e. The minimum absolute atomic E-state index is 0.0218. The fourth-order valence-electron chi connectivity index (χ4n) is 5.35. The lowest BCUT2D eigenvalue weighted by Gasteiger charge is -2.69.